The van der Waals surface area contributed by atoms with Crippen LogP contribution in [0.4, 0.5) is 0 Å². The van der Waals surface area contributed by atoms with Crippen molar-refractivity contribution in [2.24, 2.45) is 0 Å². The molecule has 0 rings (SSSR count). The van der Waals surface area contributed by atoms with Gasteiger partial charge >= 0.3 is 11.9 Å². The number of hydrogen-bond acceptors (Lipinski definition) is 2. The van der Waals surface area contributed by atoms with Crippen LogP contribution in [0.25, 0.3) is 0 Å². The van der Waals surface area contributed by atoms with Gasteiger partial charge < -0.3 is 10.2 Å². The molecular weight excluding hydrogens is 177 g/mol. The third kappa shape index (κ3) is 1230. The summed E-state index contributed by atoms with van der Waals surface area (Å²) in [7, 11) is 0. The molecule has 0 aliphatic carbocycles. The Morgan fingerprint density at radius 2 is 1.00 bits per heavy atom. The van der Waals surface area contributed by atoms with Crippen LogP contribution in [0.2, 0.25) is 0 Å². The van der Waals surface area contributed by atoms with Gasteiger partial charge in [0.2, 0.25) is 0 Å². The predicted molar refractivity (Wildman–Crippen MR) is 23.9 cm³/mol. The first kappa shape index (κ1) is 15.8. The molecule has 2 N–H and O–H groups in total. The van der Waals surface area contributed by atoms with Crippen molar-refractivity contribution in [2.75, 3.05) is 0 Å². The largest absolute Gasteiger partial charge is 0.481 e. The standard InChI is InChI=1S/2C2H2O2.Zn/c2*1-2(3)4;/h2*1H,(H,3,4);. The van der Waals surface area contributed by atoms with Gasteiger partial charge in [0.25, 0.3) is 0 Å². The second kappa shape index (κ2) is 10.5. The molecule has 0 heterocycles. The van der Waals surface area contributed by atoms with Crippen molar-refractivity contribution >= 4 is 11.9 Å². The van der Waals surface area contributed by atoms with Crippen molar-refractivity contribution in [3.63, 3.8) is 0 Å². The first-order valence-corrected chi connectivity index (χ1v) is 1.43. The Hall–Kier alpha value is -0.437. The number of aliphatic carboxylic acids is 2. The summed E-state index contributed by atoms with van der Waals surface area (Å²) in [5, 5.41) is 14.4. The summed E-state index contributed by atoms with van der Waals surface area (Å²) in [4.78, 5) is 17.6. The zero-order valence-electron chi connectivity index (χ0n) is 4.57. The van der Waals surface area contributed by atoms with E-state index in [0.717, 1.165) is 0 Å². The number of hydrogen-bond donors (Lipinski definition) is 2. The van der Waals surface area contributed by atoms with E-state index in [4.69, 9.17) is 19.8 Å². The van der Waals surface area contributed by atoms with Crippen molar-refractivity contribution in [2.45, 2.75) is 0 Å². The maximum absolute atomic E-state index is 8.78. The van der Waals surface area contributed by atoms with Gasteiger partial charge in [-0.2, -0.15) is 0 Å². The van der Waals surface area contributed by atoms with Crippen molar-refractivity contribution in [3.05, 3.63) is 13.8 Å². The molecule has 4 nitrogen and oxygen atoms in total. The number of carbonyl (C=O) groups is 2. The molecule has 0 aromatic carbocycles. The minimum atomic E-state index is -1.33. The Balaban J connectivity index is -0.0000000720. The molecule has 4 radical (unpaired) electrons. The van der Waals surface area contributed by atoms with E-state index in [1.54, 1.807) is 0 Å². The third-order valence-corrected chi connectivity index (χ3v) is 0. The molecule has 0 aliphatic rings. The van der Waals surface area contributed by atoms with Crippen LogP contribution in [-0.2, 0) is 29.1 Å². The molecular formula is C4H4O4Zn. The first-order chi connectivity index (χ1) is 3.46. The quantitative estimate of drug-likeness (QED) is 0.497. The van der Waals surface area contributed by atoms with E-state index >= 15 is 0 Å². The average Bonchev–Trinajstić information content (AvgIpc) is 1.25. The van der Waals surface area contributed by atoms with E-state index in [9.17, 15) is 0 Å². The molecule has 0 bridgehead atoms. The van der Waals surface area contributed by atoms with Crippen molar-refractivity contribution in [1.82, 2.24) is 0 Å². The molecule has 0 saturated carbocycles. The number of rotatable bonds is 0. The van der Waals surface area contributed by atoms with Gasteiger partial charge in [-0.3, -0.25) is 9.59 Å². The molecule has 0 fully saturated rings. The molecule has 0 aromatic rings. The summed E-state index contributed by atoms with van der Waals surface area (Å²) < 4.78 is 0. The molecule has 9 heavy (non-hydrogen) atoms. The second-order valence-electron chi connectivity index (χ2n) is 0.676. The maximum Gasteiger partial charge on any atom is 0.308 e. The van der Waals surface area contributed by atoms with Crippen LogP contribution < -0.4 is 0 Å². The van der Waals surface area contributed by atoms with E-state index in [2.05, 4.69) is 13.8 Å². The monoisotopic (exact) mass is 180 g/mol. The van der Waals surface area contributed by atoms with Gasteiger partial charge in [0.1, 0.15) is 0 Å². The molecule has 0 amide bonds. The summed E-state index contributed by atoms with van der Waals surface area (Å²) in [5.74, 6) is -2.67. The van der Waals surface area contributed by atoms with Crippen molar-refractivity contribution < 1.29 is 39.3 Å². The Bertz CT molecular complexity index is 70.6. The van der Waals surface area contributed by atoms with E-state index in [1.807, 2.05) is 0 Å². The summed E-state index contributed by atoms with van der Waals surface area (Å²) >= 11 is 0. The van der Waals surface area contributed by atoms with Crippen LogP contribution in [0.5, 0.6) is 0 Å². The van der Waals surface area contributed by atoms with Crippen molar-refractivity contribution in [3.8, 4) is 0 Å². The van der Waals surface area contributed by atoms with Crippen molar-refractivity contribution in [1.29, 1.82) is 0 Å². The molecule has 0 aromatic heterocycles. The Morgan fingerprint density at radius 3 is 1.00 bits per heavy atom. The molecule has 0 saturated heterocycles. The van der Waals surface area contributed by atoms with Crippen LogP contribution in [0.1, 0.15) is 0 Å². The SMILES string of the molecule is [CH]C(=O)O.[CH]C(=O)O.[Zn]. The van der Waals surface area contributed by atoms with Gasteiger partial charge in [-0.1, -0.05) is 0 Å². The van der Waals surface area contributed by atoms with E-state index in [1.165, 1.54) is 0 Å². The molecule has 0 spiro atoms. The van der Waals surface area contributed by atoms with Gasteiger partial charge in [-0.25, -0.2) is 0 Å². The minimum absolute atomic E-state index is 0. The van der Waals surface area contributed by atoms with E-state index in [-0.39, 0.29) is 19.5 Å². The zero-order valence-corrected chi connectivity index (χ0v) is 7.54. The summed E-state index contributed by atoms with van der Waals surface area (Å²) in [6.45, 7) is 8.06. The second-order valence-corrected chi connectivity index (χ2v) is 0.676. The predicted octanol–water partition coefficient (Wildman–Crippen LogP) is -0.438. The summed E-state index contributed by atoms with van der Waals surface area (Å²) in [6.07, 6.45) is 0. The topological polar surface area (TPSA) is 74.6 Å². The zero-order chi connectivity index (χ0) is 7.15. The average molecular weight is 181 g/mol. The molecule has 0 aliphatic heterocycles. The van der Waals surface area contributed by atoms with Crippen LogP contribution in [0, 0.1) is 13.8 Å². The van der Waals surface area contributed by atoms with Gasteiger partial charge in [0.05, 0.1) is 13.8 Å². The summed E-state index contributed by atoms with van der Waals surface area (Å²) in [6, 6.07) is 0. The van der Waals surface area contributed by atoms with Gasteiger partial charge in [0, 0.05) is 19.5 Å². The van der Waals surface area contributed by atoms with E-state index in [0.29, 0.717) is 0 Å². The van der Waals surface area contributed by atoms with Gasteiger partial charge in [-0.05, 0) is 0 Å². The Morgan fingerprint density at radius 1 is 1.00 bits per heavy atom. The fourth-order valence-corrected chi connectivity index (χ4v) is 0. The Kier molecular flexibility index (Phi) is 18.5. The van der Waals surface area contributed by atoms with Crippen LogP contribution in [0.15, 0.2) is 0 Å². The number of carboxylic acids is 2. The maximum atomic E-state index is 8.78. The van der Waals surface area contributed by atoms with Crippen LogP contribution in [0.3, 0.4) is 0 Å². The molecule has 0 atom stereocenters. The first-order valence-electron chi connectivity index (χ1n) is 1.43. The fraction of sp³-hybridized carbons (Fsp3) is 0. The van der Waals surface area contributed by atoms with Crippen LogP contribution in [-0.4, -0.2) is 22.2 Å². The smallest absolute Gasteiger partial charge is 0.308 e. The van der Waals surface area contributed by atoms with E-state index < -0.39 is 11.9 Å². The fourth-order valence-electron chi connectivity index (χ4n) is 0. The Labute approximate surface area is 65.6 Å². The molecule has 5 heteroatoms. The molecule has 0 unspecified atom stereocenters. The minimum Gasteiger partial charge on any atom is -0.481 e. The number of carboxylic acid groups (broad SMARTS) is 2. The van der Waals surface area contributed by atoms with Gasteiger partial charge in [-0.15, -0.1) is 0 Å². The molecule has 46 valence electrons. The third-order valence-electron chi connectivity index (χ3n) is 0. The normalized spacial score (nSPS) is 5.56. The van der Waals surface area contributed by atoms with Crippen LogP contribution >= 0.6 is 0 Å². The summed E-state index contributed by atoms with van der Waals surface area (Å²) in [5.41, 5.74) is 0. The van der Waals surface area contributed by atoms with Gasteiger partial charge in [0.15, 0.2) is 0 Å².